The van der Waals surface area contributed by atoms with Gasteiger partial charge in [-0.3, -0.25) is 0 Å². The fourth-order valence-corrected chi connectivity index (χ4v) is 3.39. The van der Waals surface area contributed by atoms with Crippen LogP contribution in [0, 0.1) is 5.82 Å². The van der Waals surface area contributed by atoms with Crippen LogP contribution in [0.15, 0.2) is 46.9 Å². The standard InChI is InChI=1S/C15H14BrClFNO3S/c16-12-2-1-11(15(18)9-12)10-23(20,21)19-7-8-22-14-5-3-13(17)4-6-14/h1-6,9,19H,7-8,10H2. The van der Waals surface area contributed by atoms with Crippen molar-refractivity contribution in [1.82, 2.24) is 4.72 Å². The van der Waals surface area contributed by atoms with Gasteiger partial charge in [0.25, 0.3) is 0 Å². The highest BCUT2D eigenvalue weighted by Crippen LogP contribution is 2.17. The maximum Gasteiger partial charge on any atom is 0.216 e. The summed E-state index contributed by atoms with van der Waals surface area (Å²) in [6.07, 6.45) is 0. The molecule has 2 aromatic carbocycles. The Morgan fingerprint density at radius 1 is 1.17 bits per heavy atom. The van der Waals surface area contributed by atoms with Crippen molar-refractivity contribution in [2.24, 2.45) is 0 Å². The molecule has 0 radical (unpaired) electrons. The maximum atomic E-state index is 13.7. The summed E-state index contributed by atoms with van der Waals surface area (Å²) in [6, 6.07) is 11.0. The summed E-state index contributed by atoms with van der Waals surface area (Å²) in [6.45, 7) is 0.243. The summed E-state index contributed by atoms with van der Waals surface area (Å²) in [4.78, 5) is 0. The summed E-state index contributed by atoms with van der Waals surface area (Å²) in [7, 11) is -3.64. The summed E-state index contributed by atoms with van der Waals surface area (Å²) in [5.74, 6) is -0.401. The van der Waals surface area contributed by atoms with Gasteiger partial charge in [-0.1, -0.05) is 33.6 Å². The molecule has 0 spiro atoms. The summed E-state index contributed by atoms with van der Waals surface area (Å²) in [5, 5.41) is 0.592. The fraction of sp³-hybridized carbons (Fsp3) is 0.200. The van der Waals surface area contributed by atoms with E-state index >= 15 is 0 Å². The number of rotatable bonds is 7. The molecule has 0 saturated heterocycles. The molecule has 0 aromatic heterocycles. The van der Waals surface area contributed by atoms with E-state index in [4.69, 9.17) is 16.3 Å². The van der Waals surface area contributed by atoms with Crippen molar-refractivity contribution in [2.75, 3.05) is 13.2 Å². The first kappa shape index (κ1) is 18.2. The Bertz CT molecular complexity index is 769. The first-order valence-corrected chi connectivity index (χ1v) is 9.48. The minimum absolute atomic E-state index is 0.0864. The van der Waals surface area contributed by atoms with Gasteiger partial charge in [0.05, 0.1) is 5.75 Å². The molecular weight excluding hydrogens is 409 g/mol. The molecule has 0 fully saturated rings. The summed E-state index contributed by atoms with van der Waals surface area (Å²) < 4.78 is 45.8. The number of halogens is 3. The fourth-order valence-electron chi connectivity index (χ4n) is 1.79. The van der Waals surface area contributed by atoms with Gasteiger partial charge in [-0.25, -0.2) is 17.5 Å². The third-order valence-corrected chi connectivity index (χ3v) is 4.95. The molecule has 0 aliphatic heterocycles. The highest BCUT2D eigenvalue weighted by atomic mass is 79.9. The van der Waals surface area contributed by atoms with Crippen molar-refractivity contribution >= 4 is 37.6 Å². The molecule has 124 valence electrons. The Balaban J connectivity index is 1.83. The van der Waals surface area contributed by atoms with Crippen molar-refractivity contribution in [3.05, 3.63) is 63.3 Å². The van der Waals surface area contributed by atoms with Crippen LogP contribution in [-0.2, 0) is 15.8 Å². The lowest BCUT2D eigenvalue weighted by Crippen LogP contribution is -2.29. The van der Waals surface area contributed by atoms with E-state index in [-0.39, 0.29) is 18.7 Å². The predicted octanol–water partition coefficient (Wildman–Crippen LogP) is 3.74. The monoisotopic (exact) mass is 421 g/mol. The average Bonchev–Trinajstić information content (AvgIpc) is 2.48. The molecule has 23 heavy (non-hydrogen) atoms. The number of hydrogen-bond donors (Lipinski definition) is 1. The van der Waals surface area contributed by atoms with Gasteiger partial charge in [0.15, 0.2) is 0 Å². The molecule has 2 rings (SSSR count). The first-order valence-electron chi connectivity index (χ1n) is 6.65. The topological polar surface area (TPSA) is 55.4 Å². The van der Waals surface area contributed by atoms with Crippen LogP contribution in [0.1, 0.15) is 5.56 Å². The van der Waals surface area contributed by atoms with Crippen LogP contribution in [0.5, 0.6) is 5.75 Å². The zero-order valence-electron chi connectivity index (χ0n) is 11.9. The van der Waals surface area contributed by atoms with Crippen LogP contribution in [0.4, 0.5) is 4.39 Å². The third kappa shape index (κ3) is 6.10. The Kier molecular flexibility index (Phi) is 6.41. The van der Waals surface area contributed by atoms with Gasteiger partial charge in [-0.15, -0.1) is 0 Å². The molecule has 1 N–H and O–H groups in total. The van der Waals surface area contributed by atoms with Crippen LogP contribution in [0.25, 0.3) is 0 Å². The Labute approximate surface area is 147 Å². The highest BCUT2D eigenvalue weighted by molar-refractivity contribution is 9.10. The van der Waals surface area contributed by atoms with E-state index in [0.717, 1.165) is 0 Å². The Morgan fingerprint density at radius 3 is 2.52 bits per heavy atom. The summed E-state index contributed by atoms with van der Waals surface area (Å²) in [5.41, 5.74) is 0.110. The molecule has 0 amide bonds. The molecule has 0 saturated carbocycles. The molecule has 0 unspecified atom stereocenters. The molecule has 4 nitrogen and oxygen atoms in total. The van der Waals surface area contributed by atoms with Gasteiger partial charge >= 0.3 is 0 Å². The smallest absolute Gasteiger partial charge is 0.216 e. The van der Waals surface area contributed by atoms with E-state index in [1.165, 1.54) is 12.1 Å². The Morgan fingerprint density at radius 2 is 1.87 bits per heavy atom. The zero-order valence-corrected chi connectivity index (χ0v) is 15.1. The second-order valence-corrected chi connectivity index (χ2v) is 7.85. The molecule has 0 aliphatic rings. The summed E-state index contributed by atoms with van der Waals surface area (Å²) >= 11 is 8.88. The lowest BCUT2D eigenvalue weighted by atomic mass is 10.2. The van der Waals surface area contributed by atoms with Crippen molar-refractivity contribution in [3.8, 4) is 5.75 Å². The molecule has 0 atom stereocenters. The van der Waals surface area contributed by atoms with Gasteiger partial charge in [0.1, 0.15) is 18.2 Å². The van der Waals surface area contributed by atoms with Gasteiger partial charge in [-0.2, -0.15) is 0 Å². The van der Waals surface area contributed by atoms with Gasteiger partial charge in [-0.05, 0) is 36.4 Å². The Hall–Kier alpha value is -1.15. The second kappa shape index (κ2) is 8.10. The average molecular weight is 423 g/mol. The van der Waals surface area contributed by atoms with Crippen LogP contribution < -0.4 is 9.46 Å². The third-order valence-electron chi connectivity index (χ3n) is 2.87. The minimum Gasteiger partial charge on any atom is -0.492 e. The van der Waals surface area contributed by atoms with E-state index in [1.807, 2.05) is 0 Å². The van der Waals surface area contributed by atoms with E-state index < -0.39 is 21.6 Å². The lowest BCUT2D eigenvalue weighted by Gasteiger charge is -2.09. The van der Waals surface area contributed by atoms with Crippen molar-refractivity contribution in [3.63, 3.8) is 0 Å². The van der Waals surface area contributed by atoms with Crippen LogP contribution in [0.2, 0.25) is 5.02 Å². The lowest BCUT2D eigenvalue weighted by molar-refractivity contribution is 0.323. The minimum atomic E-state index is -3.64. The van der Waals surface area contributed by atoms with E-state index in [1.54, 1.807) is 30.3 Å². The van der Waals surface area contributed by atoms with Crippen molar-refractivity contribution in [1.29, 1.82) is 0 Å². The van der Waals surface area contributed by atoms with Crippen LogP contribution in [0.3, 0.4) is 0 Å². The van der Waals surface area contributed by atoms with Gasteiger partial charge < -0.3 is 4.74 Å². The van der Waals surface area contributed by atoms with Crippen LogP contribution >= 0.6 is 27.5 Å². The number of benzene rings is 2. The molecule has 0 aliphatic carbocycles. The van der Waals surface area contributed by atoms with E-state index in [2.05, 4.69) is 20.7 Å². The largest absolute Gasteiger partial charge is 0.492 e. The van der Waals surface area contributed by atoms with Gasteiger partial charge in [0.2, 0.25) is 10.0 Å². The second-order valence-electron chi connectivity index (χ2n) is 4.69. The molecule has 8 heteroatoms. The maximum absolute atomic E-state index is 13.7. The zero-order chi connectivity index (χ0) is 16.9. The number of ether oxygens (including phenoxy) is 1. The van der Waals surface area contributed by atoms with Gasteiger partial charge in [0, 0.05) is 21.6 Å². The molecule has 0 heterocycles. The normalized spacial score (nSPS) is 11.4. The highest BCUT2D eigenvalue weighted by Gasteiger charge is 2.14. The molecular formula is C15H14BrClFNO3S. The van der Waals surface area contributed by atoms with Crippen molar-refractivity contribution < 1.29 is 17.5 Å². The first-order chi connectivity index (χ1) is 10.9. The predicted molar refractivity (Wildman–Crippen MR) is 91.7 cm³/mol. The SMILES string of the molecule is O=S(=O)(Cc1ccc(Br)cc1F)NCCOc1ccc(Cl)cc1. The van der Waals surface area contributed by atoms with E-state index in [9.17, 15) is 12.8 Å². The quantitative estimate of drug-likeness (QED) is 0.692. The number of sulfonamides is 1. The van der Waals surface area contributed by atoms with E-state index in [0.29, 0.717) is 15.2 Å². The van der Waals surface area contributed by atoms with Crippen LogP contribution in [-0.4, -0.2) is 21.6 Å². The molecule has 0 bridgehead atoms. The molecule has 2 aromatic rings. The number of nitrogens with one attached hydrogen (secondary N) is 1. The van der Waals surface area contributed by atoms with Crippen molar-refractivity contribution in [2.45, 2.75) is 5.75 Å². The number of hydrogen-bond acceptors (Lipinski definition) is 3.